The Morgan fingerprint density at radius 3 is 1.30 bits per heavy atom. The first-order chi connectivity index (χ1) is 23.0. The van der Waals surface area contributed by atoms with Crippen molar-refractivity contribution in [3.8, 4) is 22.3 Å². The van der Waals surface area contributed by atoms with Gasteiger partial charge >= 0.3 is 0 Å². The van der Waals surface area contributed by atoms with Crippen LogP contribution in [0.15, 0.2) is 118 Å². The molecule has 3 heteroatoms. The summed E-state index contributed by atoms with van der Waals surface area (Å²) in [7, 11) is 0.756. The SMILES string of the molecule is Cc1ccc(C2=Cc3c(ccc(C)c3-c3ccccc3)C2C[Si]CC2C(c3ccc(C)o3)=Cc3c2ccc(C)c3-c2ccccc2)o1. The Bertz CT molecular complexity index is 2000. The lowest BCUT2D eigenvalue weighted by atomic mass is 9.90. The van der Waals surface area contributed by atoms with Crippen molar-refractivity contribution < 1.29 is 8.83 Å². The van der Waals surface area contributed by atoms with Gasteiger partial charge in [0.05, 0.1) is 0 Å². The number of allylic oxidation sites excluding steroid dienone is 2. The van der Waals surface area contributed by atoms with E-state index in [0.29, 0.717) is 0 Å². The topological polar surface area (TPSA) is 26.3 Å². The summed E-state index contributed by atoms with van der Waals surface area (Å²) in [5.41, 5.74) is 15.9. The van der Waals surface area contributed by atoms with Crippen LogP contribution in [0.5, 0.6) is 0 Å². The third-order valence-corrected chi connectivity index (χ3v) is 11.3. The predicted octanol–water partition coefficient (Wildman–Crippen LogP) is 12.0. The molecule has 0 fully saturated rings. The van der Waals surface area contributed by atoms with Gasteiger partial charge in [0.15, 0.2) is 0 Å². The highest BCUT2D eigenvalue weighted by Crippen LogP contribution is 2.51. The molecule has 2 nitrogen and oxygen atoms in total. The van der Waals surface area contributed by atoms with Crippen LogP contribution in [0.25, 0.3) is 45.6 Å². The summed E-state index contributed by atoms with van der Waals surface area (Å²) in [6.07, 6.45) is 4.82. The zero-order valence-electron chi connectivity index (χ0n) is 27.4. The van der Waals surface area contributed by atoms with Gasteiger partial charge in [-0.05, 0) is 132 Å². The van der Waals surface area contributed by atoms with E-state index in [2.05, 4.69) is 135 Å². The van der Waals surface area contributed by atoms with E-state index >= 15 is 0 Å². The lowest BCUT2D eigenvalue weighted by Crippen LogP contribution is -2.08. The van der Waals surface area contributed by atoms with Gasteiger partial charge in [0.1, 0.15) is 23.0 Å². The maximum atomic E-state index is 6.29. The molecule has 230 valence electrons. The Morgan fingerprint density at radius 1 is 0.489 bits per heavy atom. The van der Waals surface area contributed by atoms with E-state index in [1.807, 2.05) is 13.8 Å². The summed E-state index contributed by atoms with van der Waals surface area (Å²) in [4.78, 5) is 0. The highest BCUT2D eigenvalue weighted by Gasteiger charge is 2.33. The van der Waals surface area contributed by atoms with E-state index in [0.717, 1.165) is 44.6 Å². The summed E-state index contributed by atoms with van der Waals surface area (Å²) in [5.74, 6) is 4.46. The molecule has 0 amide bonds. The van der Waals surface area contributed by atoms with E-state index in [4.69, 9.17) is 8.83 Å². The molecule has 0 aliphatic heterocycles. The van der Waals surface area contributed by atoms with E-state index in [1.54, 1.807) is 0 Å². The molecular formula is C44H38O2Si. The zero-order valence-corrected chi connectivity index (χ0v) is 28.4. The monoisotopic (exact) mass is 626 g/mol. The zero-order chi connectivity index (χ0) is 32.1. The first kappa shape index (κ1) is 29.5. The van der Waals surface area contributed by atoms with Crippen molar-refractivity contribution in [1.29, 1.82) is 0 Å². The average molecular weight is 627 g/mol. The van der Waals surface area contributed by atoms with Gasteiger partial charge in [-0.15, -0.1) is 0 Å². The van der Waals surface area contributed by atoms with Gasteiger partial charge in [-0.3, -0.25) is 0 Å². The van der Waals surface area contributed by atoms with Crippen LogP contribution in [0, 0.1) is 27.7 Å². The minimum Gasteiger partial charge on any atom is -0.462 e. The van der Waals surface area contributed by atoms with Crippen molar-refractivity contribution in [2.45, 2.75) is 51.6 Å². The predicted molar refractivity (Wildman–Crippen MR) is 197 cm³/mol. The minimum atomic E-state index is 0.286. The average Bonchev–Trinajstić information content (AvgIpc) is 3.87. The molecule has 2 aliphatic rings. The van der Waals surface area contributed by atoms with Crippen molar-refractivity contribution in [2.75, 3.05) is 0 Å². The second-order valence-electron chi connectivity index (χ2n) is 13.0. The van der Waals surface area contributed by atoms with E-state index in [1.165, 1.54) is 66.8 Å². The van der Waals surface area contributed by atoms with Crippen LogP contribution >= 0.6 is 0 Å². The van der Waals surface area contributed by atoms with Gasteiger partial charge in [0.2, 0.25) is 0 Å². The highest BCUT2D eigenvalue weighted by atomic mass is 28.2. The van der Waals surface area contributed by atoms with Crippen LogP contribution in [0.1, 0.15) is 68.3 Å². The number of hydrogen-bond acceptors (Lipinski definition) is 2. The molecule has 0 spiro atoms. The molecule has 4 aromatic carbocycles. The van der Waals surface area contributed by atoms with E-state index in [9.17, 15) is 0 Å². The number of fused-ring (bicyclic) bond motifs is 2. The molecule has 0 bridgehead atoms. The number of hydrogen-bond donors (Lipinski definition) is 0. The van der Waals surface area contributed by atoms with Gasteiger partial charge in [0.25, 0.3) is 0 Å². The van der Waals surface area contributed by atoms with Crippen molar-refractivity contribution in [3.05, 3.63) is 166 Å². The maximum absolute atomic E-state index is 6.29. The quantitative estimate of drug-likeness (QED) is 0.157. The number of furan rings is 2. The summed E-state index contributed by atoms with van der Waals surface area (Å²) in [5, 5.41) is 0. The smallest absolute Gasteiger partial charge is 0.130 e. The summed E-state index contributed by atoms with van der Waals surface area (Å²) in [6, 6.07) is 41.6. The second kappa shape index (κ2) is 12.1. The van der Waals surface area contributed by atoms with Gasteiger partial charge in [0, 0.05) is 32.5 Å². The fraction of sp³-hybridized carbons (Fsp3) is 0.182. The molecule has 2 aromatic heterocycles. The summed E-state index contributed by atoms with van der Waals surface area (Å²) >= 11 is 0. The molecule has 6 aromatic rings. The number of rotatable bonds is 8. The number of aryl methyl sites for hydroxylation is 4. The lowest BCUT2D eigenvalue weighted by molar-refractivity contribution is 0.518. The van der Waals surface area contributed by atoms with Gasteiger partial charge in [-0.25, -0.2) is 0 Å². The van der Waals surface area contributed by atoms with Gasteiger partial charge < -0.3 is 8.83 Å². The molecule has 0 saturated heterocycles. The fourth-order valence-corrected chi connectivity index (χ4v) is 9.33. The van der Waals surface area contributed by atoms with E-state index in [-0.39, 0.29) is 11.8 Å². The Balaban J connectivity index is 1.15. The molecule has 2 unspecified atom stereocenters. The molecule has 2 heterocycles. The van der Waals surface area contributed by atoms with Crippen molar-refractivity contribution in [3.63, 3.8) is 0 Å². The third-order valence-electron chi connectivity index (χ3n) is 9.95. The Kier molecular flexibility index (Phi) is 7.58. The molecular weight excluding hydrogens is 589 g/mol. The summed E-state index contributed by atoms with van der Waals surface area (Å²) < 4.78 is 12.6. The molecule has 2 radical (unpaired) electrons. The van der Waals surface area contributed by atoms with Gasteiger partial charge in [-0.2, -0.15) is 0 Å². The van der Waals surface area contributed by atoms with Crippen LogP contribution in [-0.4, -0.2) is 9.52 Å². The Morgan fingerprint density at radius 2 is 0.915 bits per heavy atom. The van der Waals surface area contributed by atoms with Crippen molar-refractivity contribution >= 4 is 32.8 Å². The fourth-order valence-electron chi connectivity index (χ4n) is 7.71. The molecule has 2 atom stereocenters. The molecule has 8 rings (SSSR count). The first-order valence-electron chi connectivity index (χ1n) is 16.6. The normalized spacial score (nSPS) is 16.6. The standard InChI is InChI=1S/C44H38O2Si/c1-27-15-19-33-37(43(27)31-11-7-5-8-12-31)23-35(41-21-17-29(3)45-41)39(33)25-47-26-40-34-20-16-28(2)44(32-13-9-6-10-14-32)38(34)24-36(40)42-22-18-30(4)46-42/h5-24,39-40H,25-26H2,1-4H3. The van der Waals surface area contributed by atoms with Crippen LogP contribution in [-0.2, 0) is 0 Å². The minimum absolute atomic E-state index is 0.286. The molecule has 0 saturated carbocycles. The highest BCUT2D eigenvalue weighted by molar-refractivity contribution is 6.37. The van der Waals surface area contributed by atoms with Crippen LogP contribution < -0.4 is 0 Å². The Hall–Kier alpha value is -4.86. The number of benzene rings is 4. The van der Waals surface area contributed by atoms with Gasteiger partial charge in [-0.1, -0.05) is 84.9 Å². The van der Waals surface area contributed by atoms with Crippen LogP contribution in [0.3, 0.4) is 0 Å². The van der Waals surface area contributed by atoms with Crippen molar-refractivity contribution in [1.82, 2.24) is 0 Å². The molecule has 0 N–H and O–H groups in total. The maximum Gasteiger partial charge on any atom is 0.130 e. The second-order valence-corrected chi connectivity index (χ2v) is 14.4. The first-order valence-corrected chi connectivity index (χ1v) is 18.0. The molecule has 2 aliphatic carbocycles. The van der Waals surface area contributed by atoms with Crippen LogP contribution in [0.4, 0.5) is 0 Å². The van der Waals surface area contributed by atoms with Crippen molar-refractivity contribution in [2.24, 2.45) is 0 Å². The Labute approximate surface area is 280 Å². The van der Waals surface area contributed by atoms with Crippen LogP contribution in [0.2, 0.25) is 12.1 Å². The lowest BCUT2D eigenvalue weighted by Gasteiger charge is -2.20. The van der Waals surface area contributed by atoms with E-state index < -0.39 is 0 Å². The summed E-state index contributed by atoms with van der Waals surface area (Å²) in [6.45, 7) is 8.54. The third kappa shape index (κ3) is 5.29. The molecule has 47 heavy (non-hydrogen) atoms. The largest absolute Gasteiger partial charge is 0.462 e.